The van der Waals surface area contributed by atoms with E-state index in [1.165, 1.54) is 53.5 Å². The summed E-state index contributed by atoms with van der Waals surface area (Å²) in [4.78, 5) is 0. The summed E-state index contributed by atoms with van der Waals surface area (Å²) in [6.07, 6.45) is 6.09. The van der Waals surface area contributed by atoms with Gasteiger partial charge in [0.05, 0.1) is 0 Å². The highest BCUT2D eigenvalue weighted by atomic mass is 14.1. The summed E-state index contributed by atoms with van der Waals surface area (Å²) in [6, 6.07) is 28.3. The van der Waals surface area contributed by atoms with E-state index in [1.807, 2.05) is 0 Å². The molecule has 0 amide bonds. The van der Waals surface area contributed by atoms with Gasteiger partial charge in [-0.2, -0.15) is 0 Å². The maximum atomic E-state index is 2.29. The Morgan fingerprint density at radius 2 is 1.36 bits per heavy atom. The van der Waals surface area contributed by atoms with Gasteiger partial charge in [-0.15, -0.1) is 0 Å². The molecule has 148 valence electrons. The van der Waals surface area contributed by atoms with Gasteiger partial charge < -0.3 is 0 Å². The molecule has 0 aliphatic heterocycles. The number of unbranched alkanes of at least 4 members (excludes halogenated alkanes) is 1. The Labute approximate surface area is 172 Å². The number of hydrogen-bond donors (Lipinski definition) is 0. The Hall–Kier alpha value is -2.34. The highest BCUT2D eigenvalue weighted by molar-refractivity contribution is 5.31. The zero-order valence-corrected chi connectivity index (χ0v) is 18.1. The molecule has 0 aliphatic carbocycles. The van der Waals surface area contributed by atoms with E-state index in [0.29, 0.717) is 5.92 Å². The Balaban J connectivity index is 0.000000200. The van der Waals surface area contributed by atoms with Crippen molar-refractivity contribution < 1.29 is 0 Å². The van der Waals surface area contributed by atoms with Crippen LogP contribution in [0.3, 0.4) is 0 Å². The maximum Gasteiger partial charge on any atom is -0.00232 e. The van der Waals surface area contributed by atoms with E-state index in [0.717, 1.165) is 6.42 Å². The first-order chi connectivity index (χ1) is 13.6. The monoisotopic (exact) mass is 372 g/mol. The highest BCUT2D eigenvalue weighted by Gasteiger charge is 2.01. The van der Waals surface area contributed by atoms with E-state index in [4.69, 9.17) is 0 Å². The fraction of sp³-hybridized carbons (Fsp3) is 0.357. The summed E-state index contributed by atoms with van der Waals surface area (Å²) in [7, 11) is 0. The van der Waals surface area contributed by atoms with Gasteiger partial charge >= 0.3 is 0 Å². The van der Waals surface area contributed by atoms with Crippen LogP contribution in [-0.2, 0) is 12.8 Å². The van der Waals surface area contributed by atoms with Gasteiger partial charge in [0.15, 0.2) is 0 Å². The second-order valence-electron chi connectivity index (χ2n) is 7.74. The van der Waals surface area contributed by atoms with Gasteiger partial charge in [0, 0.05) is 0 Å². The molecule has 0 fully saturated rings. The van der Waals surface area contributed by atoms with Crippen LogP contribution in [0.15, 0.2) is 78.9 Å². The topological polar surface area (TPSA) is 0 Å². The van der Waals surface area contributed by atoms with Gasteiger partial charge in [0.25, 0.3) is 0 Å². The molecule has 0 saturated heterocycles. The third kappa shape index (κ3) is 7.35. The Kier molecular flexibility index (Phi) is 9.55. The minimum Gasteiger partial charge on any atom is -0.0654 e. The Bertz CT molecular complexity index is 784. The molecule has 0 aliphatic rings. The average Bonchev–Trinajstić information content (AvgIpc) is 2.75. The van der Waals surface area contributed by atoms with Crippen molar-refractivity contribution in [3.05, 3.63) is 107 Å². The molecule has 0 aromatic heterocycles. The number of benzene rings is 3. The SMILES string of the molecule is CCCCc1ccc(C(C)CC)cc1.Cc1ccccc1Cc1ccccc1. The lowest BCUT2D eigenvalue weighted by atomic mass is 9.97. The second kappa shape index (κ2) is 12.2. The normalized spacial score (nSPS) is 11.4. The molecular weight excluding hydrogens is 336 g/mol. The molecule has 0 nitrogen and oxygen atoms in total. The average molecular weight is 373 g/mol. The molecule has 0 N–H and O–H groups in total. The molecule has 1 unspecified atom stereocenters. The molecule has 3 rings (SSSR count). The van der Waals surface area contributed by atoms with E-state index < -0.39 is 0 Å². The Morgan fingerprint density at radius 1 is 0.714 bits per heavy atom. The fourth-order valence-corrected chi connectivity index (χ4v) is 3.25. The lowest BCUT2D eigenvalue weighted by Gasteiger charge is -2.09. The summed E-state index contributed by atoms with van der Waals surface area (Å²) in [6.45, 7) is 8.95. The van der Waals surface area contributed by atoms with Gasteiger partial charge in [-0.3, -0.25) is 0 Å². The van der Waals surface area contributed by atoms with Crippen LogP contribution in [0, 0.1) is 6.92 Å². The van der Waals surface area contributed by atoms with E-state index in [2.05, 4.69) is 107 Å². The summed E-state index contributed by atoms with van der Waals surface area (Å²) in [5.74, 6) is 0.704. The minimum atomic E-state index is 0.704. The molecule has 0 bridgehead atoms. The van der Waals surface area contributed by atoms with Crippen LogP contribution in [0.25, 0.3) is 0 Å². The first kappa shape index (κ1) is 22.0. The van der Waals surface area contributed by atoms with Crippen molar-refractivity contribution >= 4 is 0 Å². The third-order valence-corrected chi connectivity index (χ3v) is 5.48. The van der Waals surface area contributed by atoms with Crippen LogP contribution in [0.1, 0.15) is 73.8 Å². The van der Waals surface area contributed by atoms with Gasteiger partial charge in [-0.25, -0.2) is 0 Å². The Morgan fingerprint density at radius 3 is 1.96 bits per heavy atom. The van der Waals surface area contributed by atoms with Crippen LogP contribution in [-0.4, -0.2) is 0 Å². The van der Waals surface area contributed by atoms with E-state index >= 15 is 0 Å². The van der Waals surface area contributed by atoms with E-state index in [-0.39, 0.29) is 0 Å². The third-order valence-electron chi connectivity index (χ3n) is 5.48. The molecule has 0 saturated carbocycles. The predicted octanol–water partition coefficient (Wildman–Crippen LogP) is 8.13. The van der Waals surface area contributed by atoms with Crippen LogP contribution in [0.4, 0.5) is 0 Å². The first-order valence-corrected chi connectivity index (χ1v) is 10.8. The van der Waals surface area contributed by atoms with Crippen molar-refractivity contribution in [3.63, 3.8) is 0 Å². The molecule has 0 heteroatoms. The number of aryl methyl sites for hydroxylation is 2. The summed E-state index contributed by atoms with van der Waals surface area (Å²) in [5.41, 5.74) is 7.13. The van der Waals surface area contributed by atoms with Gasteiger partial charge in [0.2, 0.25) is 0 Å². The molecule has 0 spiro atoms. The molecule has 0 heterocycles. The second-order valence-corrected chi connectivity index (χ2v) is 7.74. The zero-order chi connectivity index (χ0) is 20.2. The van der Waals surface area contributed by atoms with Gasteiger partial charge in [0.1, 0.15) is 0 Å². The van der Waals surface area contributed by atoms with E-state index in [1.54, 1.807) is 0 Å². The smallest absolute Gasteiger partial charge is 0.00232 e. The molecular formula is C28H36. The molecule has 3 aromatic rings. The molecule has 28 heavy (non-hydrogen) atoms. The lowest BCUT2D eigenvalue weighted by molar-refractivity contribution is 0.731. The standard InChI is InChI=1S/C14H14.C14H22/c1-12-7-5-6-10-14(12)11-13-8-3-2-4-9-13;1-4-6-7-13-8-10-14(11-9-13)12(3)5-2/h2-10H,11H2,1H3;8-12H,4-7H2,1-3H3. The van der Waals surface area contributed by atoms with Crippen LogP contribution in [0.5, 0.6) is 0 Å². The molecule has 0 radical (unpaired) electrons. The van der Waals surface area contributed by atoms with Crippen LogP contribution >= 0.6 is 0 Å². The van der Waals surface area contributed by atoms with Crippen molar-refractivity contribution in [1.29, 1.82) is 0 Å². The largest absolute Gasteiger partial charge is 0.0654 e. The van der Waals surface area contributed by atoms with Crippen LogP contribution < -0.4 is 0 Å². The fourth-order valence-electron chi connectivity index (χ4n) is 3.25. The summed E-state index contributed by atoms with van der Waals surface area (Å²) >= 11 is 0. The van der Waals surface area contributed by atoms with Crippen molar-refractivity contribution in [2.75, 3.05) is 0 Å². The zero-order valence-electron chi connectivity index (χ0n) is 18.1. The van der Waals surface area contributed by atoms with Crippen molar-refractivity contribution in [2.45, 2.75) is 65.7 Å². The highest BCUT2D eigenvalue weighted by Crippen LogP contribution is 2.19. The van der Waals surface area contributed by atoms with Crippen molar-refractivity contribution in [1.82, 2.24) is 0 Å². The van der Waals surface area contributed by atoms with Gasteiger partial charge in [-0.05, 0) is 66.3 Å². The van der Waals surface area contributed by atoms with Crippen LogP contribution in [0.2, 0.25) is 0 Å². The lowest BCUT2D eigenvalue weighted by Crippen LogP contribution is -1.92. The number of hydrogen-bond acceptors (Lipinski definition) is 0. The molecule has 3 aromatic carbocycles. The van der Waals surface area contributed by atoms with E-state index in [9.17, 15) is 0 Å². The maximum absolute atomic E-state index is 2.29. The predicted molar refractivity (Wildman–Crippen MR) is 124 cm³/mol. The number of rotatable bonds is 7. The molecule has 1 atom stereocenters. The summed E-state index contributed by atoms with van der Waals surface area (Å²) in [5, 5.41) is 0. The minimum absolute atomic E-state index is 0.704. The van der Waals surface area contributed by atoms with Gasteiger partial charge in [-0.1, -0.05) is 106 Å². The summed E-state index contributed by atoms with van der Waals surface area (Å²) < 4.78 is 0. The quantitative estimate of drug-likeness (QED) is 0.393. The van der Waals surface area contributed by atoms with Crippen molar-refractivity contribution in [3.8, 4) is 0 Å². The first-order valence-electron chi connectivity index (χ1n) is 10.8. The van der Waals surface area contributed by atoms with Crippen molar-refractivity contribution in [2.24, 2.45) is 0 Å².